The van der Waals surface area contributed by atoms with Crippen LogP contribution in [0.5, 0.6) is 0 Å². The van der Waals surface area contributed by atoms with Gasteiger partial charge in [-0.05, 0) is 31.2 Å². The van der Waals surface area contributed by atoms with Gasteiger partial charge in [0.25, 0.3) is 5.91 Å². The third kappa shape index (κ3) is 3.61. The van der Waals surface area contributed by atoms with Gasteiger partial charge in [0.05, 0.1) is 0 Å². The summed E-state index contributed by atoms with van der Waals surface area (Å²) in [7, 11) is 0. The van der Waals surface area contributed by atoms with Crippen LogP contribution in [0.2, 0.25) is 0 Å². The molecule has 0 atom stereocenters. The van der Waals surface area contributed by atoms with Gasteiger partial charge in [-0.3, -0.25) is 9.89 Å². The minimum atomic E-state index is -0.858. The van der Waals surface area contributed by atoms with Crippen molar-refractivity contribution in [2.45, 2.75) is 6.92 Å². The first-order valence-corrected chi connectivity index (χ1v) is 10.1. The Hall–Kier alpha value is -4.02. The Balaban J connectivity index is 1.35. The minimum Gasteiger partial charge on any atom is -0.336 e. The van der Waals surface area contributed by atoms with Crippen LogP contribution in [0, 0.1) is 18.6 Å². The maximum Gasteiger partial charge on any atom is 0.259 e. The van der Waals surface area contributed by atoms with Gasteiger partial charge in [-0.25, -0.2) is 13.3 Å². The van der Waals surface area contributed by atoms with Gasteiger partial charge in [0.1, 0.15) is 22.7 Å². The van der Waals surface area contributed by atoms with E-state index < -0.39 is 23.1 Å². The first-order valence-electron chi connectivity index (χ1n) is 10.1. The summed E-state index contributed by atoms with van der Waals surface area (Å²) in [5.74, 6) is -0.659. The second-order valence-corrected chi connectivity index (χ2v) is 7.54. The highest BCUT2D eigenvalue weighted by Gasteiger charge is 2.28. The molecule has 1 aliphatic heterocycles. The highest BCUT2D eigenvalue weighted by Crippen LogP contribution is 2.23. The van der Waals surface area contributed by atoms with Crippen LogP contribution >= 0.6 is 0 Å². The maximum atomic E-state index is 14.0. The molecule has 0 unspecified atom stereocenters. The molecule has 3 aromatic heterocycles. The van der Waals surface area contributed by atoms with Crippen LogP contribution < -0.4 is 10.2 Å². The number of piperazine rings is 1. The van der Waals surface area contributed by atoms with Gasteiger partial charge in [0.2, 0.25) is 5.95 Å². The lowest BCUT2D eigenvalue weighted by atomic mass is 10.1. The smallest absolute Gasteiger partial charge is 0.259 e. The molecule has 32 heavy (non-hydrogen) atoms. The van der Waals surface area contributed by atoms with E-state index in [4.69, 9.17) is 0 Å². The van der Waals surface area contributed by atoms with Crippen LogP contribution in [-0.4, -0.2) is 61.8 Å². The van der Waals surface area contributed by atoms with Gasteiger partial charge < -0.3 is 15.1 Å². The summed E-state index contributed by atoms with van der Waals surface area (Å²) in [5.41, 5.74) is 1.19. The van der Waals surface area contributed by atoms with Crippen molar-refractivity contribution >= 4 is 29.0 Å². The Labute approximate surface area is 181 Å². The fourth-order valence-corrected chi connectivity index (χ4v) is 3.72. The number of benzene rings is 1. The SMILES string of the molecule is Cc1cc(Nc2nc(N3CCN(C(=O)c4c(F)cccc4F)CC3)nn3cccc23)n[nH]1. The van der Waals surface area contributed by atoms with E-state index in [-0.39, 0.29) is 0 Å². The molecule has 1 fully saturated rings. The zero-order chi connectivity index (χ0) is 22.2. The molecule has 1 amide bonds. The van der Waals surface area contributed by atoms with E-state index in [1.54, 1.807) is 4.52 Å². The zero-order valence-corrected chi connectivity index (χ0v) is 17.2. The number of carbonyl (C=O) groups excluding carboxylic acids is 1. The molecule has 9 nitrogen and oxygen atoms in total. The molecule has 0 spiro atoms. The van der Waals surface area contributed by atoms with Gasteiger partial charge in [0, 0.05) is 44.1 Å². The van der Waals surface area contributed by atoms with Crippen molar-refractivity contribution in [2.24, 2.45) is 0 Å². The average molecular weight is 438 g/mol. The van der Waals surface area contributed by atoms with Crippen molar-refractivity contribution < 1.29 is 13.6 Å². The van der Waals surface area contributed by atoms with Crippen LogP contribution in [-0.2, 0) is 0 Å². The largest absolute Gasteiger partial charge is 0.336 e. The number of carbonyl (C=O) groups is 1. The molecule has 0 bridgehead atoms. The number of aromatic nitrogens is 5. The van der Waals surface area contributed by atoms with E-state index in [1.807, 2.05) is 36.2 Å². The molecule has 0 radical (unpaired) electrons. The predicted octanol–water partition coefficient (Wildman–Crippen LogP) is 2.75. The lowest BCUT2D eigenvalue weighted by molar-refractivity contribution is 0.0736. The summed E-state index contributed by atoms with van der Waals surface area (Å²) in [6.45, 7) is 3.34. The van der Waals surface area contributed by atoms with Crippen LogP contribution in [0.1, 0.15) is 16.1 Å². The van der Waals surface area contributed by atoms with E-state index in [2.05, 4.69) is 25.6 Å². The summed E-state index contributed by atoms with van der Waals surface area (Å²) >= 11 is 0. The number of fused-ring (bicyclic) bond motifs is 1. The van der Waals surface area contributed by atoms with Gasteiger partial charge >= 0.3 is 0 Å². The number of nitrogens with one attached hydrogen (secondary N) is 2. The highest BCUT2D eigenvalue weighted by atomic mass is 19.1. The van der Waals surface area contributed by atoms with Crippen molar-refractivity contribution in [3.63, 3.8) is 0 Å². The molecule has 1 saturated heterocycles. The number of amides is 1. The van der Waals surface area contributed by atoms with E-state index in [0.29, 0.717) is 43.8 Å². The first-order chi connectivity index (χ1) is 15.5. The van der Waals surface area contributed by atoms with Gasteiger partial charge in [-0.2, -0.15) is 10.1 Å². The van der Waals surface area contributed by atoms with Crippen LogP contribution in [0.3, 0.4) is 0 Å². The fraction of sp³-hybridized carbons (Fsp3) is 0.238. The highest BCUT2D eigenvalue weighted by molar-refractivity contribution is 5.95. The second kappa shape index (κ2) is 7.91. The van der Waals surface area contributed by atoms with E-state index in [1.165, 1.54) is 11.0 Å². The summed E-state index contributed by atoms with van der Waals surface area (Å²) in [4.78, 5) is 20.7. The minimum absolute atomic E-state index is 0.293. The molecule has 5 rings (SSSR count). The quantitative estimate of drug-likeness (QED) is 0.509. The molecule has 164 valence electrons. The van der Waals surface area contributed by atoms with Gasteiger partial charge in [0.15, 0.2) is 11.6 Å². The van der Waals surface area contributed by atoms with Crippen molar-refractivity contribution in [2.75, 3.05) is 36.4 Å². The average Bonchev–Trinajstić information content (AvgIpc) is 3.42. The summed E-state index contributed by atoms with van der Waals surface area (Å²) in [5, 5.41) is 14.8. The zero-order valence-electron chi connectivity index (χ0n) is 17.2. The third-order valence-electron chi connectivity index (χ3n) is 5.36. The Morgan fingerprint density at radius 1 is 1.09 bits per heavy atom. The Kier molecular flexibility index (Phi) is 4.92. The second-order valence-electron chi connectivity index (χ2n) is 7.54. The monoisotopic (exact) mass is 438 g/mol. The summed E-state index contributed by atoms with van der Waals surface area (Å²) < 4.78 is 29.7. The molecular formula is C21H20F2N8O. The van der Waals surface area contributed by atoms with Crippen molar-refractivity contribution in [3.05, 3.63) is 65.5 Å². The normalized spacial score (nSPS) is 14.2. The summed E-state index contributed by atoms with van der Waals surface area (Å²) in [6.07, 6.45) is 1.82. The predicted molar refractivity (Wildman–Crippen MR) is 114 cm³/mol. The van der Waals surface area contributed by atoms with Crippen LogP contribution in [0.4, 0.5) is 26.4 Å². The number of hydrogen-bond donors (Lipinski definition) is 2. The summed E-state index contributed by atoms with van der Waals surface area (Å²) in [6, 6.07) is 9.04. The number of aryl methyl sites for hydroxylation is 1. The number of anilines is 3. The van der Waals surface area contributed by atoms with Crippen molar-refractivity contribution in [1.82, 2.24) is 29.7 Å². The van der Waals surface area contributed by atoms with Crippen LogP contribution in [0.15, 0.2) is 42.6 Å². The van der Waals surface area contributed by atoms with Crippen LogP contribution in [0.25, 0.3) is 5.52 Å². The lowest BCUT2D eigenvalue weighted by Gasteiger charge is -2.34. The van der Waals surface area contributed by atoms with Crippen molar-refractivity contribution in [1.29, 1.82) is 0 Å². The maximum absolute atomic E-state index is 14.0. The molecule has 11 heteroatoms. The molecule has 1 aliphatic rings. The molecule has 2 N–H and O–H groups in total. The number of nitrogens with zero attached hydrogens (tertiary/aromatic N) is 6. The Morgan fingerprint density at radius 3 is 2.53 bits per heavy atom. The van der Waals surface area contributed by atoms with Gasteiger partial charge in [-0.15, -0.1) is 5.10 Å². The number of rotatable bonds is 4. The number of hydrogen-bond acceptors (Lipinski definition) is 6. The topological polar surface area (TPSA) is 94.5 Å². The fourth-order valence-electron chi connectivity index (χ4n) is 3.72. The molecule has 4 heterocycles. The molecule has 1 aromatic carbocycles. The number of H-pyrrole nitrogens is 1. The van der Waals surface area contributed by atoms with E-state index in [0.717, 1.165) is 23.3 Å². The molecule has 0 aliphatic carbocycles. The standard InChI is InChI=1S/C21H20F2N8O/c1-13-12-17(27-26-13)24-19-16-6-3-7-31(16)28-21(25-19)30-10-8-29(9-11-30)20(32)18-14(22)4-2-5-15(18)23/h2-7,12H,8-11H2,1H3,(H2,24,25,26,27,28). The molecular weight excluding hydrogens is 418 g/mol. The third-order valence-corrected chi connectivity index (χ3v) is 5.36. The molecule has 0 saturated carbocycles. The van der Waals surface area contributed by atoms with E-state index in [9.17, 15) is 13.6 Å². The van der Waals surface area contributed by atoms with E-state index >= 15 is 0 Å². The Morgan fingerprint density at radius 2 is 1.84 bits per heavy atom. The van der Waals surface area contributed by atoms with Crippen molar-refractivity contribution in [3.8, 4) is 0 Å². The first kappa shape index (κ1) is 19.9. The number of aromatic amines is 1. The lowest BCUT2D eigenvalue weighted by Crippen LogP contribution is -2.49. The molecule has 4 aromatic rings. The Bertz CT molecular complexity index is 1270. The number of halogens is 2. The van der Waals surface area contributed by atoms with Gasteiger partial charge in [-0.1, -0.05) is 6.07 Å².